The van der Waals surface area contributed by atoms with Crippen LogP contribution in [0.5, 0.6) is 0 Å². The van der Waals surface area contributed by atoms with Gasteiger partial charge in [-0.3, -0.25) is 0 Å². The smallest absolute Gasteiger partial charge is 0.0780 e. The van der Waals surface area contributed by atoms with Crippen molar-refractivity contribution in [2.45, 2.75) is 219 Å². The Labute approximate surface area is 310 Å². The van der Waals surface area contributed by atoms with Gasteiger partial charge in [0.25, 0.3) is 0 Å². The highest BCUT2D eigenvalue weighted by atomic mass is 31.2. The fourth-order valence-electron chi connectivity index (χ4n) is 6.27. The molecule has 0 aromatic rings. The van der Waals surface area contributed by atoms with Gasteiger partial charge in [0.15, 0.2) is 0 Å². The summed E-state index contributed by atoms with van der Waals surface area (Å²) in [5.41, 5.74) is 0. The number of phosphoric acid groups is 1. The molecular formula is C42H93N2O4P. The summed E-state index contributed by atoms with van der Waals surface area (Å²) in [6.45, 7) is 7.26. The summed E-state index contributed by atoms with van der Waals surface area (Å²) in [6, 6.07) is 0. The van der Waals surface area contributed by atoms with E-state index in [2.05, 4.69) is 56.1 Å². The average molecular weight is 721 g/mol. The topological polar surface area (TPSA) is 83.4 Å². The third-order valence-electron chi connectivity index (χ3n) is 9.36. The standard InChI is InChI=1S/2C21H46N.H3O4P/c2*1-5-6-7-8-9-10-11-12-13-14-15-16-17-18-19-20-21-22(2,3)4;1-5(2,3)4/h2*5-21H2,1-4H3;(H3,1,2,3,4)/q2*+1;/p-2. The molecule has 0 aliphatic heterocycles. The summed E-state index contributed by atoms with van der Waals surface area (Å²) in [5, 5.41) is 0. The lowest BCUT2D eigenvalue weighted by Crippen LogP contribution is -2.35. The van der Waals surface area contributed by atoms with Crippen molar-refractivity contribution < 1.29 is 28.2 Å². The summed E-state index contributed by atoms with van der Waals surface area (Å²) in [7, 11) is 8.64. The molecule has 0 amide bonds. The fraction of sp³-hybridized carbons (Fsp3) is 1.00. The van der Waals surface area contributed by atoms with Crippen LogP contribution in [-0.4, -0.2) is 69.2 Å². The summed E-state index contributed by atoms with van der Waals surface area (Å²) >= 11 is 0. The van der Waals surface area contributed by atoms with Gasteiger partial charge in [0.05, 0.1) is 63.2 Å². The Morgan fingerprint density at radius 2 is 0.469 bits per heavy atom. The van der Waals surface area contributed by atoms with Crippen molar-refractivity contribution in [1.82, 2.24) is 0 Å². The van der Waals surface area contributed by atoms with E-state index in [1.165, 1.54) is 219 Å². The third kappa shape index (κ3) is 70.4. The van der Waals surface area contributed by atoms with E-state index in [1.807, 2.05) is 0 Å². The third-order valence-corrected chi connectivity index (χ3v) is 9.36. The van der Waals surface area contributed by atoms with Crippen molar-refractivity contribution in [3.8, 4) is 0 Å². The molecule has 49 heavy (non-hydrogen) atoms. The molecule has 0 bridgehead atoms. The van der Waals surface area contributed by atoms with Crippen LogP contribution in [0.1, 0.15) is 219 Å². The maximum atomic E-state index is 8.66. The zero-order valence-electron chi connectivity index (χ0n) is 35.1. The molecule has 300 valence electrons. The minimum Gasteiger partial charge on any atom is -0.790 e. The summed E-state index contributed by atoms with van der Waals surface area (Å²) in [4.78, 5) is 24.3. The Morgan fingerprint density at radius 1 is 0.347 bits per heavy atom. The number of unbranched alkanes of at least 4 members (excludes halogenated alkanes) is 30. The summed E-state index contributed by atoms with van der Waals surface area (Å²) in [6.07, 6.45) is 46.7. The van der Waals surface area contributed by atoms with E-state index < -0.39 is 7.82 Å². The van der Waals surface area contributed by atoms with Crippen LogP contribution in [0.4, 0.5) is 0 Å². The molecule has 6 nitrogen and oxygen atoms in total. The molecule has 0 radical (unpaired) electrons. The predicted molar refractivity (Wildman–Crippen MR) is 215 cm³/mol. The van der Waals surface area contributed by atoms with Gasteiger partial charge in [-0.1, -0.05) is 194 Å². The Bertz CT molecular complexity index is 604. The second-order valence-electron chi connectivity index (χ2n) is 17.1. The van der Waals surface area contributed by atoms with E-state index >= 15 is 0 Å². The Morgan fingerprint density at radius 3 is 0.592 bits per heavy atom. The zero-order chi connectivity index (χ0) is 37.5. The van der Waals surface area contributed by atoms with Gasteiger partial charge in [0.1, 0.15) is 0 Å². The lowest BCUT2D eigenvalue weighted by Gasteiger charge is -2.23. The molecular weight excluding hydrogens is 627 g/mol. The molecule has 1 N–H and O–H groups in total. The lowest BCUT2D eigenvalue weighted by atomic mass is 10.0. The molecule has 0 saturated heterocycles. The van der Waals surface area contributed by atoms with Crippen LogP contribution in [0.25, 0.3) is 0 Å². The van der Waals surface area contributed by atoms with Gasteiger partial charge in [-0.15, -0.1) is 0 Å². The van der Waals surface area contributed by atoms with E-state index in [-0.39, 0.29) is 0 Å². The van der Waals surface area contributed by atoms with Crippen molar-refractivity contribution in [2.75, 3.05) is 55.4 Å². The molecule has 0 heterocycles. The number of hydrogen-bond donors (Lipinski definition) is 1. The van der Waals surface area contributed by atoms with Crippen LogP contribution in [0.2, 0.25) is 0 Å². The Hall–Kier alpha value is 0.0300. The average Bonchev–Trinajstić information content (AvgIpc) is 2.99. The molecule has 0 aromatic heterocycles. The molecule has 0 rings (SSSR count). The fourth-order valence-corrected chi connectivity index (χ4v) is 6.27. The molecule has 0 spiro atoms. The highest BCUT2D eigenvalue weighted by Gasteiger charge is 2.06. The van der Waals surface area contributed by atoms with Crippen molar-refractivity contribution in [3.05, 3.63) is 0 Å². The van der Waals surface area contributed by atoms with Gasteiger partial charge in [-0.25, -0.2) is 0 Å². The number of nitrogens with zero attached hydrogens (tertiary/aromatic N) is 2. The van der Waals surface area contributed by atoms with Crippen LogP contribution < -0.4 is 9.79 Å². The van der Waals surface area contributed by atoms with Crippen LogP contribution in [0, 0.1) is 0 Å². The number of quaternary nitrogens is 2. The first-order chi connectivity index (χ1) is 23.1. The van der Waals surface area contributed by atoms with Crippen LogP contribution in [-0.2, 0) is 4.57 Å². The summed E-state index contributed by atoms with van der Waals surface area (Å²) < 4.78 is 10.9. The van der Waals surface area contributed by atoms with Crippen molar-refractivity contribution in [3.63, 3.8) is 0 Å². The van der Waals surface area contributed by atoms with Crippen LogP contribution in [0.15, 0.2) is 0 Å². The van der Waals surface area contributed by atoms with Crippen LogP contribution >= 0.6 is 7.82 Å². The van der Waals surface area contributed by atoms with E-state index in [4.69, 9.17) is 19.2 Å². The van der Waals surface area contributed by atoms with Gasteiger partial charge >= 0.3 is 0 Å². The Kier molecular flexibility index (Phi) is 42.8. The minimum atomic E-state index is -5.14. The number of hydrogen-bond acceptors (Lipinski definition) is 3. The van der Waals surface area contributed by atoms with Crippen molar-refractivity contribution in [1.29, 1.82) is 0 Å². The van der Waals surface area contributed by atoms with E-state index in [0.29, 0.717) is 0 Å². The second kappa shape index (κ2) is 39.2. The molecule has 0 aliphatic carbocycles. The maximum absolute atomic E-state index is 8.66. The van der Waals surface area contributed by atoms with Gasteiger partial charge < -0.3 is 28.2 Å². The highest BCUT2D eigenvalue weighted by Crippen LogP contribution is 2.16. The molecule has 0 fully saturated rings. The quantitative estimate of drug-likeness (QED) is 0.0407. The van der Waals surface area contributed by atoms with Gasteiger partial charge in [0, 0.05) is 0 Å². The first-order valence-corrected chi connectivity index (χ1v) is 23.0. The Balaban J connectivity index is -0.000000757. The van der Waals surface area contributed by atoms with Crippen molar-refractivity contribution in [2.24, 2.45) is 0 Å². The van der Waals surface area contributed by atoms with E-state index in [9.17, 15) is 0 Å². The predicted octanol–water partition coefficient (Wildman–Crippen LogP) is 11.7. The molecule has 0 aliphatic rings. The molecule has 0 unspecified atom stereocenters. The summed E-state index contributed by atoms with van der Waals surface area (Å²) in [5.74, 6) is 0. The first kappa shape index (κ1) is 53.4. The second-order valence-corrected chi connectivity index (χ2v) is 18.0. The van der Waals surface area contributed by atoms with E-state index in [1.54, 1.807) is 0 Å². The monoisotopic (exact) mass is 721 g/mol. The largest absolute Gasteiger partial charge is 0.790 e. The highest BCUT2D eigenvalue weighted by molar-refractivity contribution is 7.42. The van der Waals surface area contributed by atoms with Crippen molar-refractivity contribution >= 4 is 7.82 Å². The molecule has 0 saturated carbocycles. The minimum absolute atomic E-state index is 1.12. The lowest BCUT2D eigenvalue weighted by molar-refractivity contribution is -0.870. The molecule has 0 aromatic carbocycles. The number of rotatable bonds is 34. The normalized spacial score (nSPS) is 12.0. The van der Waals surface area contributed by atoms with Gasteiger partial charge in [0.2, 0.25) is 0 Å². The molecule has 0 atom stereocenters. The first-order valence-electron chi connectivity index (χ1n) is 21.5. The zero-order valence-corrected chi connectivity index (χ0v) is 35.9. The molecule has 7 heteroatoms. The van der Waals surface area contributed by atoms with Gasteiger partial charge in [-0.05, 0) is 25.7 Å². The SMILES string of the molecule is CCCCCCCCCCCCCCCCCC[N+](C)(C)C.CCCCCCCCCCCCCCCCCC[N+](C)(C)C.O=P([O-])([O-])O. The van der Waals surface area contributed by atoms with Gasteiger partial charge in [-0.2, -0.15) is 0 Å². The van der Waals surface area contributed by atoms with Crippen LogP contribution in [0.3, 0.4) is 0 Å². The van der Waals surface area contributed by atoms with E-state index in [0.717, 1.165) is 8.97 Å². The maximum Gasteiger partial charge on any atom is 0.0780 e.